The second-order valence-electron chi connectivity index (χ2n) is 6.33. The molecule has 1 fully saturated rings. The molecule has 0 amide bonds. The Bertz CT molecular complexity index is 920. The molecule has 1 saturated heterocycles. The molecule has 26 heavy (non-hydrogen) atoms. The number of benzene rings is 1. The average Bonchev–Trinajstić information content (AvgIpc) is 2.94. The molecule has 0 bridgehead atoms. The van der Waals surface area contributed by atoms with Crippen molar-refractivity contribution < 1.29 is 13.2 Å². The van der Waals surface area contributed by atoms with E-state index in [1.54, 1.807) is 25.3 Å². The van der Waals surface area contributed by atoms with E-state index in [0.717, 1.165) is 5.69 Å². The lowest BCUT2D eigenvalue weighted by atomic mass is 10.2. The number of hydrogen-bond donors (Lipinski definition) is 1. The zero-order valence-corrected chi connectivity index (χ0v) is 16.4. The summed E-state index contributed by atoms with van der Waals surface area (Å²) < 4.78 is 28.8. The van der Waals surface area contributed by atoms with Gasteiger partial charge in [-0.25, -0.2) is 13.4 Å². The van der Waals surface area contributed by atoms with Crippen LogP contribution in [0, 0.1) is 6.92 Å². The molecular formula is C17H21ClN4O3S. The Balaban J connectivity index is 1.88. The molecule has 0 aliphatic carbocycles. The quantitative estimate of drug-likeness (QED) is 0.831. The maximum atomic E-state index is 11.7. The third-order valence-corrected chi connectivity index (χ3v) is 6.32. The molecule has 9 heteroatoms. The molecular weight excluding hydrogens is 376 g/mol. The number of nitrogens with zero attached hydrogens (tertiary/aromatic N) is 3. The van der Waals surface area contributed by atoms with Gasteiger partial charge in [0.1, 0.15) is 11.6 Å². The first-order valence-electron chi connectivity index (χ1n) is 8.17. The van der Waals surface area contributed by atoms with Crippen molar-refractivity contribution in [3.63, 3.8) is 0 Å². The van der Waals surface area contributed by atoms with Gasteiger partial charge in [-0.1, -0.05) is 11.6 Å². The van der Waals surface area contributed by atoms with Crippen LogP contribution in [0.2, 0.25) is 5.02 Å². The molecule has 1 unspecified atom stereocenters. The SMILES string of the molecule is COc1ccc(Cl)cc1Nc1cc(C)nc(N(C)C2CCS(=O)(=O)C2)n1. The molecule has 1 N–H and O–H groups in total. The standard InChI is InChI=1S/C17H21ClN4O3S/c1-11-8-16(20-14-9-12(18)4-5-15(14)25-3)21-17(19-11)22(2)13-6-7-26(23,24)10-13/h4-5,8-9,13H,6-7,10H2,1-3H3,(H,19,20,21). The lowest BCUT2D eigenvalue weighted by Gasteiger charge is -2.24. The third kappa shape index (κ3) is 4.19. The smallest absolute Gasteiger partial charge is 0.227 e. The van der Waals surface area contributed by atoms with Crippen LogP contribution in [0.15, 0.2) is 24.3 Å². The highest BCUT2D eigenvalue weighted by atomic mass is 35.5. The molecule has 1 atom stereocenters. The van der Waals surface area contributed by atoms with Crippen LogP contribution in [0.4, 0.5) is 17.5 Å². The van der Waals surface area contributed by atoms with Crippen LogP contribution in [-0.2, 0) is 9.84 Å². The Morgan fingerprint density at radius 1 is 1.31 bits per heavy atom. The van der Waals surface area contributed by atoms with E-state index >= 15 is 0 Å². The van der Waals surface area contributed by atoms with E-state index in [0.29, 0.717) is 34.6 Å². The predicted octanol–water partition coefficient (Wildman–Crippen LogP) is 2.81. The van der Waals surface area contributed by atoms with Crippen LogP contribution in [0.5, 0.6) is 5.75 Å². The molecule has 2 heterocycles. The molecule has 2 aromatic rings. The summed E-state index contributed by atoms with van der Waals surface area (Å²) >= 11 is 6.07. The number of anilines is 3. The van der Waals surface area contributed by atoms with Crippen LogP contribution in [0.3, 0.4) is 0 Å². The Morgan fingerprint density at radius 3 is 2.73 bits per heavy atom. The van der Waals surface area contributed by atoms with Crippen molar-refractivity contribution in [2.45, 2.75) is 19.4 Å². The third-order valence-electron chi connectivity index (χ3n) is 4.34. The molecule has 1 aliphatic heterocycles. The zero-order chi connectivity index (χ0) is 18.9. The van der Waals surface area contributed by atoms with Crippen molar-refractivity contribution in [2.75, 3.05) is 35.9 Å². The highest BCUT2D eigenvalue weighted by molar-refractivity contribution is 7.91. The monoisotopic (exact) mass is 396 g/mol. The summed E-state index contributed by atoms with van der Waals surface area (Å²) in [6.45, 7) is 1.87. The number of hydrogen-bond acceptors (Lipinski definition) is 7. The summed E-state index contributed by atoms with van der Waals surface area (Å²) in [4.78, 5) is 10.8. The summed E-state index contributed by atoms with van der Waals surface area (Å²) in [5, 5.41) is 3.78. The van der Waals surface area contributed by atoms with E-state index in [2.05, 4.69) is 15.3 Å². The van der Waals surface area contributed by atoms with E-state index in [1.807, 2.05) is 24.9 Å². The molecule has 7 nitrogen and oxygen atoms in total. The summed E-state index contributed by atoms with van der Waals surface area (Å²) in [6.07, 6.45) is 0.584. The number of ether oxygens (including phenoxy) is 1. The number of rotatable bonds is 5. The normalized spacial score (nSPS) is 18.5. The van der Waals surface area contributed by atoms with Gasteiger partial charge in [0, 0.05) is 29.9 Å². The van der Waals surface area contributed by atoms with Gasteiger partial charge < -0.3 is 15.0 Å². The molecule has 1 aromatic carbocycles. The van der Waals surface area contributed by atoms with Gasteiger partial charge in [0.15, 0.2) is 9.84 Å². The Hall–Kier alpha value is -2.06. The van der Waals surface area contributed by atoms with E-state index in [9.17, 15) is 8.42 Å². The highest BCUT2D eigenvalue weighted by Crippen LogP contribution is 2.31. The van der Waals surface area contributed by atoms with Gasteiger partial charge in [0.2, 0.25) is 5.95 Å². The minimum absolute atomic E-state index is 0.115. The maximum Gasteiger partial charge on any atom is 0.227 e. The number of halogens is 1. The minimum Gasteiger partial charge on any atom is -0.495 e. The highest BCUT2D eigenvalue weighted by Gasteiger charge is 2.32. The summed E-state index contributed by atoms with van der Waals surface area (Å²) in [6, 6.07) is 6.97. The van der Waals surface area contributed by atoms with Crippen LogP contribution in [-0.4, -0.2) is 50.1 Å². The molecule has 1 aromatic heterocycles. The minimum atomic E-state index is -2.98. The molecule has 0 radical (unpaired) electrons. The fraction of sp³-hybridized carbons (Fsp3) is 0.412. The topological polar surface area (TPSA) is 84.4 Å². The summed E-state index contributed by atoms with van der Waals surface area (Å²) in [5.41, 5.74) is 1.46. The van der Waals surface area contributed by atoms with Crippen molar-refractivity contribution in [1.82, 2.24) is 9.97 Å². The second kappa shape index (κ2) is 7.28. The lowest BCUT2D eigenvalue weighted by molar-refractivity contribution is 0.417. The first-order valence-corrected chi connectivity index (χ1v) is 10.4. The number of nitrogens with one attached hydrogen (secondary N) is 1. The molecule has 0 saturated carbocycles. The van der Waals surface area contributed by atoms with Crippen molar-refractivity contribution in [3.05, 3.63) is 35.0 Å². The van der Waals surface area contributed by atoms with Crippen molar-refractivity contribution >= 4 is 38.9 Å². The number of aromatic nitrogens is 2. The van der Waals surface area contributed by atoms with E-state index in [4.69, 9.17) is 16.3 Å². The first-order chi connectivity index (χ1) is 12.3. The Morgan fingerprint density at radius 2 is 2.08 bits per heavy atom. The van der Waals surface area contributed by atoms with Crippen LogP contribution < -0.4 is 15.0 Å². The largest absolute Gasteiger partial charge is 0.495 e. The van der Waals surface area contributed by atoms with Crippen LogP contribution in [0.1, 0.15) is 12.1 Å². The van der Waals surface area contributed by atoms with Gasteiger partial charge in [0.05, 0.1) is 24.3 Å². The molecule has 140 valence electrons. The van der Waals surface area contributed by atoms with Crippen LogP contribution in [0.25, 0.3) is 0 Å². The number of sulfone groups is 1. The number of aryl methyl sites for hydroxylation is 1. The Kier molecular flexibility index (Phi) is 5.24. The summed E-state index contributed by atoms with van der Waals surface area (Å²) in [7, 11) is 0.431. The predicted molar refractivity (Wildman–Crippen MR) is 104 cm³/mol. The fourth-order valence-electron chi connectivity index (χ4n) is 2.93. The second-order valence-corrected chi connectivity index (χ2v) is 9.00. The van der Waals surface area contributed by atoms with Gasteiger partial charge in [-0.3, -0.25) is 0 Å². The van der Waals surface area contributed by atoms with E-state index in [1.165, 1.54) is 0 Å². The summed E-state index contributed by atoms with van der Waals surface area (Å²) in [5.74, 6) is 2.04. The fourth-order valence-corrected chi connectivity index (χ4v) is 4.88. The van der Waals surface area contributed by atoms with Gasteiger partial charge in [-0.2, -0.15) is 4.98 Å². The molecule has 3 rings (SSSR count). The van der Waals surface area contributed by atoms with Gasteiger partial charge in [0.25, 0.3) is 0 Å². The van der Waals surface area contributed by atoms with E-state index < -0.39 is 9.84 Å². The lowest BCUT2D eigenvalue weighted by Crippen LogP contribution is -2.34. The van der Waals surface area contributed by atoms with Gasteiger partial charge in [-0.15, -0.1) is 0 Å². The van der Waals surface area contributed by atoms with Crippen molar-refractivity contribution in [1.29, 1.82) is 0 Å². The number of methoxy groups -OCH3 is 1. The molecule has 0 spiro atoms. The zero-order valence-electron chi connectivity index (χ0n) is 14.9. The van der Waals surface area contributed by atoms with E-state index in [-0.39, 0.29) is 17.5 Å². The first kappa shape index (κ1) is 18.7. The van der Waals surface area contributed by atoms with Crippen molar-refractivity contribution in [3.8, 4) is 5.75 Å². The van der Waals surface area contributed by atoms with Gasteiger partial charge in [-0.05, 0) is 31.5 Å². The van der Waals surface area contributed by atoms with Crippen LogP contribution >= 0.6 is 11.6 Å². The van der Waals surface area contributed by atoms with Gasteiger partial charge >= 0.3 is 0 Å². The Labute approximate surface area is 158 Å². The van der Waals surface area contributed by atoms with Crippen molar-refractivity contribution in [2.24, 2.45) is 0 Å². The molecule has 1 aliphatic rings. The average molecular weight is 397 g/mol. The maximum absolute atomic E-state index is 11.7.